The number of aliphatic hydroxyl groups is 1. The normalized spacial score (nSPS) is 43.4. The lowest BCUT2D eigenvalue weighted by Gasteiger charge is -2.42. The van der Waals surface area contributed by atoms with Crippen molar-refractivity contribution in [2.24, 2.45) is 5.92 Å². The highest BCUT2D eigenvalue weighted by Crippen LogP contribution is 2.32. The van der Waals surface area contributed by atoms with E-state index in [1.54, 1.807) is 0 Å². The van der Waals surface area contributed by atoms with E-state index in [-0.39, 0.29) is 6.10 Å². The summed E-state index contributed by atoms with van der Waals surface area (Å²) in [5.74, 6) is 0.822. The Labute approximate surface area is 123 Å². The van der Waals surface area contributed by atoms with Crippen molar-refractivity contribution in [1.29, 1.82) is 0 Å². The molecule has 0 amide bonds. The van der Waals surface area contributed by atoms with E-state index in [1.807, 2.05) is 0 Å². The first-order valence-corrected chi connectivity index (χ1v) is 9.00. The first kappa shape index (κ1) is 14.8. The molecule has 3 aliphatic rings. The van der Waals surface area contributed by atoms with Crippen LogP contribution in [-0.4, -0.2) is 35.9 Å². The Hall–Kier alpha value is -0.120. The molecular weight excluding hydrogens is 248 g/mol. The predicted octanol–water partition coefficient (Wildman–Crippen LogP) is 2.58. The van der Waals surface area contributed by atoms with Gasteiger partial charge in [0.25, 0.3) is 0 Å². The van der Waals surface area contributed by atoms with Crippen LogP contribution in [0.4, 0.5) is 0 Å². The van der Waals surface area contributed by atoms with E-state index < -0.39 is 0 Å². The molecule has 2 saturated carbocycles. The molecule has 0 bridgehead atoms. The minimum Gasteiger partial charge on any atom is -0.393 e. The maximum absolute atomic E-state index is 9.87. The van der Waals surface area contributed by atoms with Gasteiger partial charge in [0.1, 0.15) is 0 Å². The van der Waals surface area contributed by atoms with Crippen LogP contribution in [0, 0.1) is 5.92 Å². The van der Waals surface area contributed by atoms with Crippen LogP contribution in [0.3, 0.4) is 0 Å². The number of aliphatic hydroxyl groups excluding tert-OH is 1. The van der Waals surface area contributed by atoms with Gasteiger partial charge in [-0.05, 0) is 63.8 Å². The van der Waals surface area contributed by atoms with Crippen LogP contribution in [0.25, 0.3) is 0 Å². The maximum Gasteiger partial charge on any atom is 0.0555 e. The lowest BCUT2D eigenvalue weighted by atomic mass is 9.76. The molecule has 0 spiro atoms. The molecule has 3 heteroatoms. The zero-order valence-corrected chi connectivity index (χ0v) is 12.8. The van der Waals surface area contributed by atoms with Gasteiger partial charge in [-0.15, -0.1) is 0 Å². The monoisotopic (exact) mass is 280 g/mol. The highest BCUT2D eigenvalue weighted by molar-refractivity contribution is 4.92. The highest BCUT2D eigenvalue weighted by atomic mass is 16.3. The summed E-state index contributed by atoms with van der Waals surface area (Å²) in [5.41, 5.74) is 0. The first-order chi connectivity index (χ1) is 9.83. The van der Waals surface area contributed by atoms with Crippen molar-refractivity contribution in [2.75, 3.05) is 6.54 Å². The summed E-state index contributed by atoms with van der Waals surface area (Å²) in [4.78, 5) is 0. The zero-order chi connectivity index (χ0) is 13.8. The molecule has 20 heavy (non-hydrogen) atoms. The van der Waals surface area contributed by atoms with Crippen LogP contribution in [0.2, 0.25) is 0 Å². The number of rotatable bonds is 3. The fourth-order valence-corrected chi connectivity index (χ4v) is 4.71. The van der Waals surface area contributed by atoms with E-state index in [0.717, 1.165) is 24.8 Å². The number of hydrogen-bond donors (Lipinski definition) is 3. The molecule has 3 rings (SSSR count). The average Bonchev–Trinajstić information content (AvgIpc) is 2.49. The fraction of sp³-hybridized carbons (Fsp3) is 1.00. The first-order valence-electron chi connectivity index (χ1n) is 9.00. The van der Waals surface area contributed by atoms with Gasteiger partial charge in [0.2, 0.25) is 0 Å². The molecule has 5 atom stereocenters. The third-order valence-corrected chi connectivity index (χ3v) is 5.78. The molecule has 1 heterocycles. The van der Waals surface area contributed by atoms with Crippen molar-refractivity contribution >= 4 is 0 Å². The van der Waals surface area contributed by atoms with Crippen LogP contribution in [0.1, 0.15) is 70.6 Å². The quantitative estimate of drug-likeness (QED) is 0.744. The minimum atomic E-state index is -0.0592. The molecule has 0 aromatic carbocycles. The van der Waals surface area contributed by atoms with E-state index >= 15 is 0 Å². The molecule has 0 aromatic rings. The van der Waals surface area contributed by atoms with Crippen molar-refractivity contribution < 1.29 is 5.11 Å². The Morgan fingerprint density at radius 3 is 2.50 bits per heavy atom. The highest BCUT2D eigenvalue weighted by Gasteiger charge is 2.34. The second-order valence-corrected chi connectivity index (χ2v) is 7.30. The van der Waals surface area contributed by atoms with Crippen molar-refractivity contribution in [1.82, 2.24) is 10.6 Å². The SMILES string of the molecule is OC1CCCC(NC2CCCCC2C2CCCCN2)C1. The molecule has 3 nitrogen and oxygen atoms in total. The molecular formula is C17H32N2O. The van der Waals surface area contributed by atoms with Gasteiger partial charge in [-0.2, -0.15) is 0 Å². The van der Waals surface area contributed by atoms with Gasteiger partial charge in [0, 0.05) is 18.1 Å². The summed E-state index contributed by atoms with van der Waals surface area (Å²) in [6, 6.07) is 2.00. The van der Waals surface area contributed by atoms with E-state index in [2.05, 4.69) is 10.6 Å². The van der Waals surface area contributed by atoms with Gasteiger partial charge in [-0.1, -0.05) is 19.3 Å². The van der Waals surface area contributed by atoms with Gasteiger partial charge in [-0.3, -0.25) is 0 Å². The summed E-state index contributed by atoms with van der Waals surface area (Å²) >= 11 is 0. The lowest BCUT2D eigenvalue weighted by Crippen LogP contribution is -2.53. The van der Waals surface area contributed by atoms with E-state index in [0.29, 0.717) is 12.1 Å². The van der Waals surface area contributed by atoms with Gasteiger partial charge < -0.3 is 15.7 Å². The molecule has 0 aromatic heterocycles. The second kappa shape index (κ2) is 7.24. The topological polar surface area (TPSA) is 44.3 Å². The second-order valence-electron chi connectivity index (χ2n) is 7.30. The Bertz CT molecular complexity index is 291. The lowest BCUT2D eigenvalue weighted by molar-refractivity contribution is 0.0952. The molecule has 5 unspecified atom stereocenters. The molecule has 3 fully saturated rings. The van der Waals surface area contributed by atoms with E-state index in [4.69, 9.17) is 0 Å². The number of hydrogen-bond acceptors (Lipinski definition) is 3. The standard InChI is InChI=1S/C17H32N2O/c20-14-7-5-6-13(12-14)19-17-10-2-1-8-15(17)16-9-3-4-11-18-16/h13-20H,1-12H2. The zero-order valence-electron chi connectivity index (χ0n) is 12.8. The van der Waals surface area contributed by atoms with Crippen molar-refractivity contribution in [3.8, 4) is 0 Å². The summed E-state index contributed by atoms with van der Waals surface area (Å²) in [5, 5.41) is 17.6. The van der Waals surface area contributed by atoms with Crippen molar-refractivity contribution in [3.05, 3.63) is 0 Å². The molecule has 2 aliphatic carbocycles. The van der Waals surface area contributed by atoms with Gasteiger partial charge >= 0.3 is 0 Å². The number of piperidine rings is 1. The molecule has 116 valence electrons. The smallest absolute Gasteiger partial charge is 0.0555 e. The van der Waals surface area contributed by atoms with Crippen LogP contribution >= 0.6 is 0 Å². The van der Waals surface area contributed by atoms with Crippen molar-refractivity contribution in [3.63, 3.8) is 0 Å². The van der Waals surface area contributed by atoms with Crippen LogP contribution in [-0.2, 0) is 0 Å². The minimum absolute atomic E-state index is 0.0592. The Morgan fingerprint density at radius 1 is 0.850 bits per heavy atom. The Morgan fingerprint density at radius 2 is 1.70 bits per heavy atom. The number of nitrogens with one attached hydrogen (secondary N) is 2. The van der Waals surface area contributed by atoms with Crippen LogP contribution in [0.5, 0.6) is 0 Å². The van der Waals surface area contributed by atoms with Crippen molar-refractivity contribution in [2.45, 2.75) is 94.9 Å². The third-order valence-electron chi connectivity index (χ3n) is 5.78. The average molecular weight is 280 g/mol. The van der Waals surface area contributed by atoms with Gasteiger partial charge in [0.15, 0.2) is 0 Å². The largest absolute Gasteiger partial charge is 0.393 e. The summed E-state index contributed by atoms with van der Waals surface area (Å²) in [6.07, 6.45) is 14.0. The molecule has 0 radical (unpaired) electrons. The van der Waals surface area contributed by atoms with Crippen LogP contribution in [0.15, 0.2) is 0 Å². The Kier molecular flexibility index (Phi) is 5.36. The molecule has 1 saturated heterocycles. The summed E-state index contributed by atoms with van der Waals surface area (Å²) in [6.45, 7) is 1.22. The van der Waals surface area contributed by atoms with Crippen LogP contribution < -0.4 is 10.6 Å². The molecule has 1 aliphatic heterocycles. The predicted molar refractivity (Wildman–Crippen MR) is 82.8 cm³/mol. The third kappa shape index (κ3) is 3.75. The van der Waals surface area contributed by atoms with E-state index in [1.165, 1.54) is 64.3 Å². The van der Waals surface area contributed by atoms with Gasteiger partial charge in [0.05, 0.1) is 6.10 Å². The molecule has 3 N–H and O–H groups in total. The maximum atomic E-state index is 9.87. The summed E-state index contributed by atoms with van der Waals surface area (Å²) in [7, 11) is 0. The fourth-order valence-electron chi connectivity index (χ4n) is 4.71. The van der Waals surface area contributed by atoms with E-state index in [9.17, 15) is 5.11 Å². The summed E-state index contributed by atoms with van der Waals surface area (Å²) < 4.78 is 0. The Balaban J connectivity index is 1.56. The van der Waals surface area contributed by atoms with Gasteiger partial charge in [-0.25, -0.2) is 0 Å².